The number of nitrogens with zero attached hydrogens (tertiary/aromatic N) is 2. The van der Waals surface area contributed by atoms with E-state index in [-0.39, 0.29) is 37.8 Å². The van der Waals surface area contributed by atoms with E-state index in [2.05, 4.69) is 10.0 Å². The van der Waals surface area contributed by atoms with Gasteiger partial charge in [-0.1, -0.05) is 31.1 Å². The van der Waals surface area contributed by atoms with Crippen molar-refractivity contribution in [2.45, 2.75) is 120 Å². The largest absolute Gasteiger partial charge is 0.497 e. The summed E-state index contributed by atoms with van der Waals surface area (Å²) in [5, 5.41) is 2.24. The molecular formula is C39H57N5O11S. The molecule has 1 aromatic rings. The number of fused-ring (bicyclic) bond motifs is 1. The van der Waals surface area contributed by atoms with Crippen LogP contribution in [-0.4, -0.2) is 111 Å². The molecule has 2 saturated carbocycles. The second kappa shape index (κ2) is 18.3. The molecule has 0 aromatic heterocycles. The Labute approximate surface area is 329 Å². The van der Waals surface area contributed by atoms with E-state index in [4.69, 9.17) is 24.7 Å². The normalized spacial score (nSPS) is 23.9. The minimum atomic E-state index is -3.55. The first kappa shape index (κ1) is 42.8. The molecule has 4 aliphatic rings. The number of likely N-dealkylation sites (tertiary alicyclic amines) is 1. The van der Waals surface area contributed by atoms with Gasteiger partial charge in [-0.3, -0.25) is 24.0 Å². The van der Waals surface area contributed by atoms with E-state index >= 15 is 0 Å². The van der Waals surface area contributed by atoms with Gasteiger partial charge in [0.15, 0.2) is 0 Å². The molecule has 310 valence electrons. The molecule has 2 unspecified atom stereocenters. The van der Waals surface area contributed by atoms with Crippen LogP contribution in [0, 0.1) is 11.8 Å². The summed E-state index contributed by atoms with van der Waals surface area (Å²) in [5.41, 5.74) is 6.91. The van der Waals surface area contributed by atoms with Crippen LogP contribution < -0.4 is 20.5 Å². The SMILES string of the molecule is COCC1c2ccc(OC)cc2CCN1C(=O)O[C@@H]1CC(C(N)=O)N(C(=O)[C@H](CCCCC/C=C\[C@@H]2C[C@@H]2C(=O)NS(=O)(=O)C2CC2)NC(=O)OC(C)(C)C)C1. The molecule has 2 aliphatic heterocycles. The Morgan fingerprint density at radius 2 is 1.79 bits per heavy atom. The average Bonchev–Trinajstić information content (AvgIpc) is 4.06. The zero-order valence-electron chi connectivity index (χ0n) is 33.0. The van der Waals surface area contributed by atoms with Crippen molar-refractivity contribution in [3.05, 3.63) is 41.5 Å². The first-order chi connectivity index (χ1) is 26.5. The summed E-state index contributed by atoms with van der Waals surface area (Å²) in [6, 6.07) is 3.18. The number of alkyl carbamates (subject to hydrolysis) is 1. The van der Waals surface area contributed by atoms with Crippen LogP contribution in [0.15, 0.2) is 30.4 Å². The van der Waals surface area contributed by atoms with Gasteiger partial charge in [0.2, 0.25) is 27.7 Å². The first-order valence-electron chi connectivity index (χ1n) is 19.5. The molecule has 5 amide bonds. The number of unbranched alkanes of at least 4 members (excludes halogenated alkanes) is 3. The van der Waals surface area contributed by atoms with Gasteiger partial charge in [0.25, 0.3) is 0 Å². The van der Waals surface area contributed by atoms with Crippen molar-refractivity contribution in [3.63, 3.8) is 0 Å². The smallest absolute Gasteiger partial charge is 0.410 e. The monoisotopic (exact) mass is 803 g/mol. The Morgan fingerprint density at radius 3 is 2.45 bits per heavy atom. The highest BCUT2D eigenvalue weighted by atomic mass is 32.2. The van der Waals surface area contributed by atoms with Gasteiger partial charge in [-0.25, -0.2) is 18.0 Å². The average molecular weight is 804 g/mol. The maximum Gasteiger partial charge on any atom is 0.410 e. The van der Waals surface area contributed by atoms with Gasteiger partial charge in [0, 0.05) is 26.0 Å². The van der Waals surface area contributed by atoms with Crippen LogP contribution >= 0.6 is 0 Å². The third-order valence-electron chi connectivity index (χ3n) is 10.5. The van der Waals surface area contributed by atoms with Crippen molar-refractivity contribution in [2.24, 2.45) is 17.6 Å². The van der Waals surface area contributed by atoms with Crippen molar-refractivity contribution in [3.8, 4) is 5.75 Å². The topological polar surface area (TPSA) is 213 Å². The number of nitrogens with one attached hydrogen (secondary N) is 2. The molecule has 0 spiro atoms. The van der Waals surface area contributed by atoms with Gasteiger partial charge in [-0.2, -0.15) is 0 Å². The second-order valence-electron chi connectivity index (χ2n) is 16.1. The number of sulfonamides is 1. The van der Waals surface area contributed by atoms with Crippen LogP contribution in [0.4, 0.5) is 9.59 Å². The molecule has 1 saturated heterocycles. The van der Waals surface area contributed by atoms with E-state index in [1.54, 1.807) is 39.9 Å². The molecule has 0 radical (unpaired) electrons. The lowest BCUT2D eigenvalue weighted by Crippen LogP contribution is -2.53. The molecule has 4 N–H and O–H groups in total. The Kier molecular flexibility index (Phi) is 13.9. The lowest BCUT2D eigenvalue weighted by atomic mass is 9.93. The summed E-state index contributed by atoms with van der Waals surface area (Å²) >= 11 is 0. The number of nitrogens with two attached hydrogens (primary N) is 1. The highest BCUT2D eigenvalue weighted by Crippen LogP contribution is 2.41. The van der Waals surface area contributed by atoms with Crippen LogP contribution in [0.5, 0.6) is 5.75 Å². The van der Waals surface area contributed by atoms with E-state index in [9.17, 15) is 32.4 Å². The summed E-state index contributed by atoms with van der Waals surface area (Å²) in [6.07, 6.45) is 7.12. The Morgan fingerprint density at radius 1 is 1.04 bits per heavy atom. The molecule has 6 atom stereocenters. The lowest BCUT2D eigenvalue weighted by molar-refractivity contribution is -0.139. The third kappa shape index (κ3) is 11.4. The number of ether oxygens (including phenoxy) is 4. The number of amides is 5. The zero-order chi connectivity index (χ0) is 40.8. The predicted molar refractivity (Wildman–Crippen MR) is 205 cm³/mol. The Bertz CT molecular complexity index is 1760. The summed E-state index contributed by atoms with van der Waals surface area (Å²) in [5.74, 6) is -1.32. The van der Waals surface area contributed by atoms with E-state index in [0.717, 1.165) is 17.5 Å². The molecule has 17 heteroatoms. The van der Waals surface area contributed by atoms with E-state index < -0.39 is 75.0 Å². The molecule has 2 aliphatic carbocycles. The maximum atomic E-state index is 14.1. The first-order valence-corrected chi connectivity index (χ1v) is 21.0. The van der Waals surface area contributed by atoms with E-state index in [0.29, 0.717) is 57.2 Å². The summed E-state index contributed by atoms with van der Waals surface area (Å²) in [4.78, 5) is 68.4. The van der Waals surface area contributed by atoms with Crippen LogP contribution in [0.25, 0.3) is 0 Å². The number of rotatable bonds is 17. The number of allylic oxidation sites excluding steroid dienone is 2. The fourth-order valence-electron chi connectivity index (χ4n) is 7.35. The van der Waals surface area contributed by atoms with Gasteiger partial charge in [0.1, 0.15) is 29.5 Å². The van der Waals surface area contributed by atoms with E-state index in [1.807, 2.05) is 30.4 Å². The van der Waals surface area contributed by atoms with Crippen molar-refractivity contribution in [2.75, 3.05) is 33.9 Å². The number of hydrogen-bond donors (Lipinski definition) is 3. The number of hydrogen-bond acceptors (Lipinski definition) is 11. The zero-order valence-corrected chi connectivity index (χ0v) is 33.8. The number of primary amides is 1. The quantitative estimate of drug-likeness (QED) is 0.153. The lowest BCUT2D eigenvalue weighted by Gasteiger charge is -2.37. The minimum Gasteiger partial charge on any atom is -0.497 e. The van der Waals surface area contributed by atoms with E-state index in [1.165, 1.54) is 4.90 Å². The molecule has 5 rings (SSSR count). The van der Waals surface area contributed by atoms with Gasteiger partial charge in [-0.05, 0) is 94.9 Å². The van der Waals surface area contributed by atoms with Crippen molar-refractivity contribution in [1.82, 2.24) is 19.8 Å². The number of carbonyl (C=O) groups excluding carboxylic acids is 5. The summed E-state index contributed by atoms with van der Waals surface area (Å²) < 4.78 is 48.5. The molecule has 16 nitrogen and oxygen atoms in total. The van der Waals surface area contributed by atoms with Crippen LogP contribution in [0.3, 0.4) is 0 Å². The number of methoxy groups -OCH3 is 2. The molecular weight excluding hydrogens is 747 g/mol. The van der Waals surface area contributed by atoms with Crippen LogP contribution in [0.2, 0.25) is 0 Å². The maximum absolute atomic E-state index is 14.1. The standard InChI is InChI=1S/C39H57N5O11S/c1-39(2,3)55-37(48)41-31(12-10-8-6-7-9-11-24-20-30(24)35(46)42-56(50,51)28-14-15-28)36(47)44-22-27(21-32(44)34(40)45)54-38(49)43-18-17-25-19-26(53-5)13-16-29(25)33(43)23-52-4/h9,11,13,16,19,24,27-28,30-33H,6-8,10,12,14-15,17-18,20-23H2,1-5H3,(H2,40,45)(H,41,48)(H,42,46)/b11-9-/t24-,27-,30+,31+,32?,33?/m1/s1. The molecule has 56 heavy (non-hydrogen) atoms. The molecule has 0 bridgehead atoms. The fourth-order valence-corrected chi connectivity index (χ4v) is 8.71. The summed E-state index contributed by atoms with van der Waals surface area (Å²) in [7, 11) is -0.404. The highest BCUT2D eigenvalue weighted by molar-refractivity contribution is 7.90. The van der Waals surface area contributed by atoms with Crippen LogP contribution in [-0.2, 0) is 45.0 Å². The van der Waals surface area contributed by atoms with Crippen molar-refractivity contribution >= 4 is 39.9 Å². The van der Waals surface area contributed by atoms with Gasteiger partial charge in [-0.15, -0.1) is 0 Å². The number of carbonyl (C=O) groups is 5. The molecule has 1 aromatic carbocycles. The minimum absolute atomic E-state index is 0.00865. The van der Waals surface area contributed by atoms with Crippen LogP contribution in [0.1, 0.15) is 95.7 Å². The van der Waals surface area contributed by atoms with Gasteiger partial charge in [0.05, 0.1) is 31.6 Å². The van der Waals surface area contributed by atoms with Gasteiger partial charge >= 0.3 is 12.2 Å². The summed E-state index contributed by atoms with van der Waals surface area (Å²) in [6.45, 7) is 5.64. The fraction of sp³-hybridized carbons (Fsp3) is 0.667. The van der Waals surface area contributed by atoms with Crippen molar-refractivity contribution in [1.29, 1.82) is 0 Å². The number of benzene rings is 1. The third-order valence-corrected chi connectivity index (χ3v) is 12.4. The second-order valence-corrected chi connectivity index (χ2v) is 18.1. The molecule has 2 heterocycles. The highest BCUT2D eigenvalue weighted by Gasteiger charge is 2.46. The van der Waals surface area contributed by atoms with Crippen molar-refractivity contribution < 1.29 is 51.3 Å². The van der Waals surface area contributed by atoms with Gasteiger partial charge < -0.3 is 34.9 Å². The molecule has 3 fully saturated rings. The Hall–Kier alpha value is -4.38. The Balaban J connectivity index is 1.15. The predicted octanol–water partition coefficient (Wildman–Crippen LogP) is 3.48.